The quantitative estimate of drug-likeness (QED) is 0.933. The molecule has 2 rings (SSSR count). The van der Waals surface area contributed by atoms with Gasteiger partial charge in [-0.15, -0.1) is 11.3 Å². The number of hydrogen-bond donors (Lipinski definition) is 1. The van der Waals surface area contributed by atoms with Gasteiger partial charge in [0.05, 0.1) is 28.3 Å². The number of nitrogens with one attached hydrogen (secondary N) is 1. The van der Waals surface area contributed by atoms with Gasteiger partial charge in [0.25, 0.3) is 0 Å². The van der Waals surface area contributed by atoms with Crippen LogP contribution in [0.25, 0.3) is 0 Å². The molecule has 0 fully saturated rings. The third-order valence-electron chi connectivity index (χ3n) is 2.86. The Morgan fingerprint density at radius 1 is 1.37 bits per heavy atom. The molecule has 0 radical (unpaired) electrons. The van der Waals surface area contributed by atoms with E-state index in [1.54, 1.807) is 5.51 Å². The minimum atomic E-state index is -0.0683. The van der Waals surface area contributed by atoms with Gasteiger partial charge in [-0.05, 0) is 38.0 Å². The molecular formula is C14H15ClN2OS. The highest BCUT2D eigenvalue weighted by Gasteiger charge is 2.12. The van der Waals surface area contributed by atoms with Crippen molar-refractivity contribution in [3.8, 4) is 0 Å². The van der Waals surface area contributed by atoms with Crippen LogP contribution >= 0.6 is 22.9 Å². The first-order chi connectivity index (χ1) is 8.97. The molecule has 1 N–H and O–H groups in total. The first kappa shape index (κ1) is 14.0. The van der Waals surface area contributed by atoms with E-state index in [1.807, 2.05) is 32.9 Å². The van der Waals surface area contributed by atoms with Gasteiger partial charge in [0.2, 0.25) is 5.91 Å². The number of hydrogen-bond acceptors (Lipinski definition) is 3. The van der Waals surface area contributed by atoms with Gasteiger partial charge in [-0.1, -0.05) is 17.7 Å². The van der Waals surface area contributed by atoms with Crippen LogP contribution < -0.4 is 5.32 Å². The van der Waals surface area contributed by atoms with Crippen molar-refractivity contribution in [2.45, 2.75) is 27.2 Å². The maximum absolute atomic E-state index is 12.0. The second kappa shape index (κ2) is 5.72. The summed E-state index contributed by atoms with van der Waals surface area (Å²) in [7, 11) is 0. The van der Waals surface area contributed by atoms with Gasteiger partial charge in [-0.3, -0.25) is 4.79 Å². The summed E-state index contributed by atoms with van der Waals surface area (Å²) in [4.78, 5) is 17.2. The number of halogens is 1. The lowest BCUT2D eigenvalue weighted by atomic mass is 10.1. The van der Waals surface area contributed by atoms with Crippen LogP contribution in [-0.4, -0.2) is 10.9 Å². The fourth-order valence-electron chi connectivity index (χ4n) is 1.90. The highest BCUT2D eigenvalue weighted by molar-refractivity contribution is 7.09. The summed E-state index contributed by atoms with van der Waals surface area (Å²) in [6.07, 6.45) is 0.333. The fourth-order valence-corrected chi connectivity index (χ4v) is 3.04. The average molecular weight is 295 g/mol. The molecule has 0 spiro atoms. The standard InChI is InChI=1S/C14H15ClN2OS/c1-8-4-9(2)14(11(15)5-8)17-13(18)6-12-10(3)16-7-19-12/h4-5,7H,6H2,1-3H3,(H,17,18). The Morgan fingerprint density at radius 3 is 2.68 bits per heavy atom. The van der Waals surface area contributed by atoms with Crippen molar-refractivity contribution < 1.29 is 4.79 Å². The molecule has 0 aliphatic rings. The molecule has 0 saturated heterocycles. The van der Waals surface area contributed by atoms with Gasteiger partial charge in [-0.25, -0.2) is 4.98 Å². The molecular weight excluding hydrogens is 280 g/mol. The van der Waals surface area contributed by atoms with Crippen LogP contribution in [0, 0.1) is 20.8 Å². The van der Waals surface area contributed by atoms with E-state index in [4.69, 9.17) is 11.6 Å². The predicted octanol–water partition coefficient (Wildman–Crippen LogP) is 3.90. The molecule has 3 nitrogen and oxygen atoms in total. The summed E-state index contributed by atoms with van der Waals surface area (Å²) >= 11 is 7.66. The molecule has 5 heteroatoms. The zero-order chi connectivity index (χ0) is 14.0. The van der Waals surface area contributed by atoms with Crippen LogP contribution in [0.15, 0.2) is 17.6 Å². The van der Waals surface area contributed by atoms with E-state index >= 15 is 0 Å². The highest BCUT2D eigenvalue weighted by Crippen LogP contribution is 2.27. The summed E-state index contributed by atoms with van der Waals surface area (Å²) in [6.45, 7) is 5.82. The van der Waals surface area contributed by atoms with Crippen molar-refractivity contribution in [2.24, 2.45) is 0 Å². The van der Waals surface area contributed by atoms with Crippen LogP contribution in [0.5, 0.6) is 0 Å². The lowest BCUT2D eigenvalue weighted by molar-refractivity contribution is -0.115. The van der Waals surface area contributed by atoms with Crippen LogP contribution in [0.4, 0.5) is 5.69 Å². The molecule has 0 aliphatic heterocycles. The number of thiazole rings is 1. The third kappa shape index (κ3) is 3.33. The van der Waals surface area contributed by atoms with E-state index < -0.39 is 0 Å². The smallest absolute Gasteiger partial charge is 0.229 e. The van der Waals surface area contributed by atoms with Crippen LogP contribution in [-0.2, 0) is 11.2 Å². The molecule has 0 unspecified atom stereocenters. The molecule has 1 heterocycles. The number of nitrogens with zero attached hydrogens (tertiary/aromatic N) is 1. The number of amides is 1. The monoisotopic (exact) mass is 294 g/mol. The van der Waals surface area contributed by atoms with Gasteiger partial charge in [-0.2, -0.15) is 0 Å². The Kier molecular flexibility index (Phi) is 4.22. The lowest BCUT2D eigenvalue weighted by Crippen LogP contribution is -2.15. The van der Waals surface area contributed by atoms with Crippen molar-refractivity contribution in [1.82, 2.24) is 4.98 Å². The van der Waals surface area contributed by atoms with Gasteiger partial charge >= 0.3 is 0 Å². The normalized spacial score (nSPS) is 10.5. The van der Waals surface area contributed by atoms with E-state index in [0.717, 1.165) is 21.7 Å². The van der Waals surface area contributed by atoms with Crippen LogP contribution in [0.2, 0.25) is 5.02 Å². The number of carbonyl (C=O) groups is 1. The molecule has 0 saturated carbocycles. The topological polar surface area (TPSA) is 42.0 Å². The van der Waals surface area contributed by atoms with E-state index in [9.17, 15) is 4.79 Å². The summed E-state index contributed by atoms with van der Waals surface area (Å²) in [5.74, 6) is -0.0683. The van der Waals surface area contributed by atoms with Gasteiger partial charge in [0.15, 0.2) is 0 Å². The lowest BCUT2D eigenvalue weighted by Gasteiger charge is -2.11. The minimum absolute atomic E-state index is 0.0683. The second-order valence-electron chi connectivity index (χ2n) is 4.52. The van der Waals surface area contributed by atoms with Crippen molar-refractivity contribution in [3.05, 3.63) is 44.4 Å². The van der Waals surface area contributed by atoms with E-state index in [-0.39, 0.29) is 5.91 Å². The number of carbonyl (C=O) groups excluding carboxylic acids is 1. The number of anilines is 1. The summed E-state index contributed by atoms with van der Waals surface area (Å²) in [6, 6.07) is 3.85. The molecule has 1 amide bonds. The van der Waals surface area contributed by atoms with Crippen molar-refractivity contribution in [1.29, 1.82) is 0 Å². The predicted molar refractivity (Wildman–Crippen MR) is 80.1 cm³/mol. The number of aryl methyl sites for hydroxylation is 3. The maximum atomic E-state index is 12.0. The average Bonchev–Trinajstić information content (AvgIpc) is 2.69. The zero-order valence-electron chi connectivity index (χ0n) is 11.1. The van der Waals surface area contributed by atoms with Crippen LogP contribution in [0.1, 0.15) is 21.7 Å². The molecule has 100 valence electrons. The highest BCUT2D eigenvalue weighted by atomic mass is 35.5. The molecule has 0 bridgehead atoms. The van der Waals surface area contributed by atoms with Crippen molar-refractivity contribution in [3.63, 3.8) is 0 Å². The summed E-state index contributed by atoms with van der Waals surface area (Å²) < 4.78 is 0. The molecule has 2 aromatic rings. The van der Waals surface area contributed by atoms with Crippen molar-refractivity contribution in [2.75, 3.05) is 5.32 Å². The summed E-state index contributed by atoms with van der Waals surface area (Å²) in [5, 5.41) is 3.46. The van der Waals surface area contributed by atoms with E-state index in [0.29, 0.717) is 17.1 Å². The Hall–Kier alpha value is -1.39. The van der Waals surface area contributed by atoms with E-state index in [2.05, 4.69) is 10.3 Å². The first-order valence-electron chi connectivity index (χ1n) is 5.93. The minimum Gasteiger partial charge on any atom is -0.324 e. The largest absolute Gasteiger partial charge is 0.324 e. The first-order valence-corrected chi connectivity index (χ1v) is 7.18. The number of benzene rings is 1. The van der Waals surface area contributed by atoms with Gasteiger partial charge in [0.1, 0.15) is 0 Å². The summed E-state index contributed by atoms with van der Waals surface area (Å²) in [5.41, 5.74) is 5.41. The number of rotatable bonds is 3. The number of aromatic nitrogens is 1. The Balaban J connectivity index is 2.14. The fraction of sp³-hybridized carbons (Fsp3) is 0.286. The van der Waals surface area contributed by atoms with Crippen molar-refractivity contribution >= 4 is 34.5 Å². The second-order valence-corrected chi connectivity index (χ2v) is 5.87. The Labute approximate surface area is 121 Å². The Bertz CT molecular complexity index is 599. The van der Waals surface area contributed by atoms with Gasteiger partial charge in [0, 0.05) is 4.88 Å². The third-order valence-corrected chi connectivity index (χ3v) is 4.10. The Morgan fingerprint density at radius 2 is 2.11 bits per heavy atom. The molecule has 0 atom stereocenters. The molecule has 1 aromatic carbocycles. The van der Waals surface area contributed by atoms with Gasteiger partial charge < -0.3 is 5.32 Å². The molecule has 19 heavy (non-hydrogen) atoms. The molecule has 0 aliphatic carbocycles. The van der Waals surface area contributed by atoms with E-state index in [1.165, 1.54) is 11.3 Å². The SMILES string of the molecule is Cc1cc(C)c(NC(=O)Cc2scnc2C)c(Cl)c1. The molecule has 1 aromatic heterocycles. The zero-order valence-corrected chi connectivity index (χ0v) is 12.7. The maximum Gasteiger partial charge on any atom is 0.229 e. The van der Waals surface area contributed by atoms with Crippen LogP contribution in [0.3, 0.4) is 0 Å².